The third kappa shape index (κ3) is 4.84. The topological polar surface area (TPSA) is 87.5 Å². The minimum atomic E-state index is -1.04. The minimum Gasteiger partial charge on any atom is -0.616 e. The van der Waals surface area contributed by atoms with Crippen LogP contribution in [0.5, 0.6) is 0 Å². The summed E-state index contributed by atoms with van der Waals surface area (Å²) in [6.45, 7) is 9.04. The molecule has 0 spiro atoms. The van der Waals surface area contributed by atoms with E-state index < -0.39 is 15.9 Å². The van der Waals surface area contributed by atoms with Crippen molar-refractivity contribution in [2.45, 2.75) is 57.1 Å². The Kier molecular flexibility index (Phi) is 6.76. The molecule has 1 N–H and O–H groups in total. The van der Waals surface area contributed by atoms with Gasteiger partial charge < -0.3 is 24.2 Å². The molecule has 0 amide bonds. The van der Waals surface area contributed by atoms with Crippen LogP contribution in [0, 0.1) is 0 Å². The third-order valence-corrected chi connectivity index (χ3v) is 7.92. The highest BCUT2D eigenvalue weighted by Gasteiger charge is 2.33. The van der Waals surface area contributed by atoms with Crippen LogP contribution in [0.1, 0.15) is 51.8 Å². The zero-order valence-corrected chi connectivity index (χ0v) is 19.7. The van der Waals surface area contributed by atoms with Crippen molar-refractivity contribution in [1.82, 2.24) is 14.8 Å². The van der Waals surface area contributed by atoms with Crippen LogP contribution in [-0.4, -0.2) is 58.0 Å². The smallest absolute Gasteiger partial charge is 0.152 e. The summed E-state index contributed by atoms with van der Waals surface area (Å²) < 4.78 is 25.4. The highest BCUT2D eigenvalue weighted by molar-refractivity contribution is 7.91. The highest BCUT2D eigenvalue weighted by atomic mass is 32.2. The van der Waals surface area contributed by atoms with Crippen molar-refractivity contribution in [3.63, 3.8) is 0 Å². The van der Waals surface area contributed by atoms with E-state index >= 15 is 0 Å². The normalized spacial score (nSPS) is 23.6. The molecule has 3 atom stereocenters. The number of hydrogen-bond acceptors (Lipinski definition) is 7. The van der Waals surface area contributed by atoms with Crippen molar-refractivity contribution in [3.8, 4) is 0 Å². The first-order chi connectivity index (χ1) is 14.9. The van der Waals surface area contributed by atoms with Gasteiger partial charge in [-0.25, -0.2) is 9.67 Å². The first-order valence-electron chi connectivity index (χ1n) is 11.0. The monoisotopic (exact) mass is 447 g/mol. The van der Waals surface area contributed by atoms with Crippen molar-refractivity contribution in [3.05, 3.63) is 30.0 Å². The lowest BCUT2D eigenvalue weighted by Crippen LogP contribution is -2.44. The van der Waals surface area contributed by atoms with Gasteiger partial charge in [-0.05, 0) is 63.3 Å². The van der Waals surface area contributed by atoms with Crippen molar-refractivity contribution in [1.29, 1.82) is 0 Å². The largest absolute Gasteiger partial charge is 0.616 e. The third-order valence-electron chi connectivity index (χ3n) is 6.24. The van der Waals surface area contributed by atoms with Crippen molar-refractivity contribution < 1.29 is 14.0 Å². The van der Waals surface area contributed by atoms with Gasteiger partial charge in [-0.2, -0.15) is 5.10 Å². The molecule has 4 heterocycles. The molecule has 2 aliphatic rings. The molecule has 2 fully saturated rings. The predicted octanol–water partition coefficient (Wildman–Crippen LogP) is 3.56. The van der Waals surface area contributed by atoms with E-state index in [-0.39, 0.29) is 12.3 Å². The van der Waals surface area contributed by atoms with Gasteiger partial charge >= 0.3 is 0 Å². The first-order valence-corrected chi connectivity index (χ1v) is 12.5. The Labute approximate surface area is 187 Å². The number of ether oxygens (including phenoxy) is 2. The lowest BCUT2D eigenvalue weighted by molar-refractivity contribution is -0.0380. The molecule has 0 bridgehead atoms. The molecule has 2 saturated heterocycles. The minimum absolute atomic E-state index is 0.0623. The van der Waals surface area contributed by atoms with E-state index in [1.54, 1.807) is 12.5 Å². The van der Waals surface area contributed by atoms with Gasteiger partial charge in [0, 0.05) is 24.8 Å². The summed E-state index contributed by atoms with van der Waals surface area (Å²) in [4.78, 5) is 7.18. The molecule has 4 rings (SSSR count). The summed E-state index contributed by atoms with van der Waals surface area (Å²) in [5, 5.41) is 7.93. The average molecular weight is 448 g/mol. The molecule has 0 saturated carbocycles. The summed E-state index contributed by atoms with van der Waals surface area (Å²) in [5.41, 5.74) is 0.986. The van der Waals surface area contributed by atoms with Crippen LogP contribution in [0.4, 0.5) is 17.5 Å². The molecule has 170 valence electrons. The molecule has 9 heteroatoms. The van der Waals surface area contributed by atoms with Gasteiger partial charge in [0.15, 0.2) is 6.23 Å². The number of pyridine rings is 1. The Bertz CT molecular complexity index is 882. The predicted molar refractivity (Wildman–Crippen MR) is 123 cm³/mol. The average Bonchev–Trinajstić information content (AvgIpc) is 3.22. The van der Waals surface area contributed by atoms with Gasteiger partial charge in [0.2, 0.25) is 0 Å². The number of nitrogens with one attached hydrogen (secondary N) is 1. The van der Waals surface area contributed by atoms with Gasteiger partial charge in [-0.1, -0.05) is 0 Å². The van der Waals surface area contributed by atoms with Crippen molar-refractivity contribution >= 4 is 28.6 Å². The van der Waals surface area contributed by atoms with Gasteiger partial charge in [-0.15, -0.1) is 0 Å². The van der Waals surface area contributed by atoms with Gasteiger partial charge in [0.05, 0.1) is 31.7 Å². The first kappa shape index (κ1) is 22.4. The van der Waals surface area contributed by atoms with Gasteiger partial charge in [0.25, 0.3) is 0 Å². The summed E-state index contributed by atoms with van der Waals surface area (Å²) in [6, 6.07) is 6.22. The van der Waals surface area contributed by atoms with E-state index in [4.69, 9.17) is 14.5 Å². The molecule has 0 aliphatic carbocycles. The van der Waals surface area contributed by atoms with E-state index in [0.717, 1.165) is 49.6 Å². The molecule has 31 heavy (non-hydrogen) atoms. The Balaban J connectivity index is 1.68. The van der Waals surface area contributed by atoms with Crippen LogP contribution >= 0.6 is 0 Å². The number of rotatable bonds is 6. The fraction of sp³-hybridized carbons (Fsp3) is 0.636. The number of aromatic nitrogens is 3. The number of morpholine rings is 1. The molecular formula is C22H33N5O3S. The van der Waals surface area contributed by atoms with Gasteiger partial charge in [-0.3, -0.25) is 0 Å². The van der Waals surface area contributed by atoms with Crippen LogP contribution in [0.2, 0.25) is 0 Å². The summed E-state index contributed by atoms with van der Waals surface area (Å²) in [5.74, 6) is 2.42. The molecule has 2 aliphatic heterocycles. The van der Waals surface area contributed by atoms with Crippen LogP contribution < -0.4 is 10.2 Å². The van der Waals surface area contributed by atoms with Crippen LogP contribution in [0.15, 0.2) is 24.4 Å². The molecule has 8 nitrogen and oxygen atoms in total. The second kappa shape index (κ2) is 9.36. The van der Waals surface area contributed by atoms with Crippen molar-refractivity contribution in [2.24, 2.45) is 0 Å². The van der Waals surface area contributed by atoms with Crippen LogP contribution in [0.3, 0.4) is 0 Å². The Morgan fingerprint density at radius 3 is 2.81 bits per heavy atom. The Morgan fingerprint density at radius 1 is 1.26 bits per heavy atom. The zero-order valence-electron chi connectivity index (χ0n) is 18.8. The summed E-state index contributed by atoms with van der Waals surface area (Å²) in [7, 11) is 0. The summed E-state index contributed by atoms with van der Waals surface area (Å²) >= 11 is -1.04. The molecule has 0 aromatic carbocycles. The lowest BCUT2D eigenvalue weighted by atomic mass is 10.0. The van der Waals surface area contributed by atoms with E-state index in [2.05, 4.69) is 28.3 Å². The van der Waals surface area contributed by atoms with E-state index in [1.807, 2.05) is 30.7 Å². The number of anilines is 3. The fourth-order valence-electron chi connectivity index (χ4n) is 4.00. The fourth-order valence-corrected chi connectivity index (χ4v) is 4.45. The molecule has 0 radical (unpaired) electrons. The molecular weight excluding hydrogens is 414 g/mol. The zero-order chi connectivity index (χ0) is 22.0. The van der Waals surface area contributed by atoms with Crippen LogP contribution in [0.25, 0.3) is 0 Å². The van der Waals surface area contributed by atoms with E-state index in [9.17, 15) is 4.55 Å². The Hall–Kier alpha value is -1.81. The molecule has 2 aromatic heterocycles. The van der Waals surface area contributed by atoms with Crippen molar-refractivity contribution in [2.75, 3.05) is 42.8 Å². The number of hydrogen-bond donors (Lipinski definition) is 1. The molecule has 2 aromatic rings. The highest BCUT2D eigenvalue weighted by Crippen LogP contribution is 2.34. The van der Waals surface area contributed by atoms with Gasteiger partial charge in [0.1, 0.15) is 22.2 Å². The van der Waals surface area contributed by atoms with E-state index in [0.29, 0.717) is 19.0 Å². The quantitative estimate of drug-likeness (QED) is 0.678. The SMILES string of the molecule is C[C@@H]1COCCN1c1cc(C(C)(C)[S+](C)[O-])cc(Nc2ccnn2C2CCCCO2)n1. The maximum absolute atomic E-state index is 12.5. The number of nitrogens with zero attached hydrogens (tertiary/aromatic N) is 4. The summed E-state index contributed by atoms with van der Waals surface area (Å²) in [6.07, 6.45) is 6.64. The van der Waals surface area contributed by atoms with Crippen LogP contribution in [-0.2, 0) is 25.4 Å². The van der Waals surface area contributed by atoms with E-state index in [1.165, 1.54) is 0 Å². The maximum Gasteiger partial charge on any atom is 0.152 e. The Morgan fingerprint density at radius 2 is 2.10 bits per heavy atom. The standard InChI is InChI=1S/C22H33N5O3S/c1-16-15-29-12-10-26(16)20-14-17(22(2,3)31(4)28)13-18(25-20)24-19-8-9-23-27(19)21-7-5-6-11-30-21/h8-9,13-14,16,21H,5-7,10-12,15H2,1-4H3,(H,24,25)/t16-,21?,31?/m1/s1. The maximum atomic E-state index is 12.5. The molecule has 2 unspecified atom stereocenters. The lowest BCUT2D eigenvalue weighted by Gasteiger charge is -2.35. The second-order valence-corrected chi connectivity index (χ2v) is 10.7. The second-order valence-electron chi connectivity index (χ2n) is 8.79.